The van der Waals surface area contributed by atoms with Gasteiger partial charge in [-0.25, -0.2) is 13.2 Å². The van der Waals surface area contributed by atoms with Gasteiger partial charge in [-0.1, -0.05) is 0 Å². The van der Waals surface area contributed by atoms with E-state index in [-0.39, 0.29) is 29.4 Å². The Labute approximate surface area is 131 Å². The molecule has 2 rings (SSSR count). The maximum atomic E-state index is 12.3. The van der Waals surface area contributed by atoms with E-state index in [0.717, 1.165) is 6.42 Å². The first-order chi connectivity index (χ1) is 10.4. The molecular formula is C14H24N2O5S. The van der Waals surface area contributed by atoms with Crippen LogP contribution in [-0.4, -0.2) is 74.5 Å². The summed E-state index contributed by atoms with van der Waals surface area (Å²) in [5.41, 5.74) is 0. The van der Waals surface area contributed by atoms with Crippen LogP contribution < -0.4 is 0 Å². The van der Waals surface area contributed by atoms with Crippen molar-refractivity contribution in [3.05, 3.63) is 0 Å². The molecule has 0 saturated carbocycles. The lowest BCUT2D eigenvalue weighted by Crippen LogP contribution is -2.51. The maximum absolute atomic E-state index is 12.3. The zero-order valence-electron chi connectivity index (χ0n) is 13.0. The number of hydrogen-bond donors (Lipinski definition) is 0. The second-order valence-corrected chi connectivity index (χ2v) is 8.12. The smallest absolute Gasteiger partial charge is 0.409 e. The van der Waals surface area contributed by atoms with Gasteiger partial charge in [-0.05, 0) is 25.7 Å². The molecule has 0 aromatic heterocycles. The highest BCUT2D eigenvalue weighted by Gasteiger charge is 2.30. The minimum atomic E-state index is -2.97. The third-order valence-electron chi connectivity index (χ3n) is 4.18. The van der Waals surface area contributed by atoms with Gasteiger partial charge in [0.25, 0.3) is 0 Å². The van der Waals surface area contributed by atoms with Crippen molar-refractivity contribution < 1.29 is 22.7 Å². The van der Waals surface area contributed by atoms with Crippen molar-refractivity contribution in [3.8, 4) is 0 Å². The normalized spacial score (nSPS) is 24.9. The van der Waals surface area contributed by atoms with Crippen molar-refractivity contribution in [1.29, 1.82) is 0 Å². The molecule has 0 aromatic carbocycles. The number of amides is 2. The number of carbonyl (C=O) groups excluding carboxylic acids is 2. The third kappa shape index (κ3) is 4.59. The van der Waals surface area contributed by atoms with Gasteiger partial charge in [-0.3, -0.25) is 4.79 Å². The molecule has 2 amide bonds. The first kappa shape index (κ1) is 17.1. The molecule has 1 atom stereocenters. The first-order valence-electron chi connectivity index (χ1n) is 7.81. The molecule has 126 valence electrons. The summed E-state index contributed by atoms with van der Waals surface area (Å²) < 4.78 is 28.2. The molecule has 2 heterocycles. The lowest BCUT2D eigenvalue weighted by atomic mass is 10.0. The van der Waals surface area contributed by atoms with E-state index in [2.05, 4.69) is 0 Å². The number of piperazine rings is 1. The van der Waals surface area contributed by atoms with Crippen molar-refractivity contribution in [2.75, 3.05) is 44.3 Å². The number of ether oxygens (including phenoxy) is 1. The molecule has 0 aromatic rings. The summed E-state index contributed by atoms with van der Waals surface area (Å²) in [6.45, 7) is 4.00. The zero-order chi connectivity index (χ0) is 16.2. The highest BCUT2D eigenvalue weighted by molar-refractivity contribution is 7.91. The molecule has 0 spiro atoms. The Morgan fingerprint density at radius 1 is 1.14 bits per heavy atom. The summed E-state index contributed by atoms with van der Waals surface area (Å²) >= 11 is 0. The predicted molar refractivity (Wildman–Crippen MR) is 81.2 cm³/mol. The van der Waals surface area contributed by atoms with Crippen LogP contribution in [0.25, 0.3) is 0 Å². The van der Waals surface area contributed by atoms with E-state index >= 15 is 0 Å². The number of carbonyl (C=O) groups is 2. The molecule has 0 N–H and O–H groups in total. The van der Waals surface area contributed by atoms with E-state index in [9.17, 15) is 18.0 Å². The summed E-state index contributed by atoms with van der Waals surface area (Å²) in [6, 6.07) is 0. The Hall–Kier alpha value is -1.31. The summed E-state index contributed by atoms with van der Waals surface area (Å²) in [7, 11) is -2.97. The van der Waals surface area contributed by atoms with Gasteiger partial charge >= 0.3 is 6.09 Å². The molecule has 0 bridgehead atoms. The van der Waals surface area contributed by atoms with Crippen LogP contribution in [0, 0.1) is 5.92 Å². The highest BCUT2D eigenvalue weighted by Crippen LogP contribution is 2.22. The van der Waals surface area contributed by atoms with Crippen molar-refractivity contribution >= 4 is 21.8 Å². The predicted octanol–water partition coefficient (Wildman–Crippen LogP) is 0.502. The summed E-state index contributed by atoms with van der Waals surface area (Å²) in [4.78, 5) is 27.2. The van der Waals surface area contributed by atoms with Crippen LogP contribution in [0.4, 0.5) is 4.79 Å². The highest BCUT2D eigenvalue weighted by atomic mass is 32.2. The standard InChI is InChI=1S/C14H24N2O5S/c1-2-21-14(18)16-7-5-15(6-8-16)13(17)10-12-4-3-9-22(19,20)11-12/h12H,2-11H2,1H3. The first-order valence-corrected chi connectivity index (χ1v) is 9.63. The summed E-state index contributed by atoms with van der Waals surface area (Å²) in [5.74, 6) is 0.303. The maximum Gasteiger partial charge on any atom is 0.409 e. The lowest BCUT2D eigenvalue weighted by Gasteiger charge is -2.35. The van der Waals surface area contributed by atoms with E-state index in [0.29, 0.717) is 45.6 Å². The van der Waals surface area contributed by atoms with Crippen LogP contribution in [0.2, 0.25) is 0 Å². The summed E-state index contributed by atoms with van der Waals surface area (Å²) in [5, 5.41) is 0. The van der Waals surface area contributed by atoms with Crippen molar-refractivity contribution in [3.63, 3.8) is 0 Å². The second-order valence-electron chi connectivity index (χ2n) is 5.89. The van der Waals surface area contributed by atoms with E-state index in [1.165, 1.54) is 0 Å². The molecule has 8 heteroatoms. The van der Waals surface area contributed by atoms with Gasteiger partial charge < -0.3 is 14.5 Å². The van der Waals surface area contributed by atoms with Crippen LogP contribution in [0.5, 0.6) is 0 Å². The molecular weight excluding hydrogens is 308 g/mol. The average molecular weight is 332 g/mol. The molecule has 2 aliphatic heterocycles. The quantitative estimate of drug-likeness (QED) is 0.751. The van der Waals surface area contributed by atoms with Crippen LogP contribution in [0.3, 0.4) is 0 Å². The van der Waals surface area contributed by atoms with E-state index < -0.39 is 9.84 Å². The molecule has 1 unspecified atom stereocenters. The molecule has 2 aliphatic rings. The lowest BCUT2D eigenvalue weighted by molar-refractivity contribution is -0.133. The van der Waals surface area contributed by atoms with Crippen LogP contribution in [0.15, 0.2) is 0 Å². The van der Waals surface area contributed by atoms with Gasteiger partial charge in [-0.15, -0.1) is 0 Å². The average Bonchev–Trinajstić information content (AvgIpc) is 2.46. The van der Waals surface area contributed by atoms with Gasteiger partial charge in [0, 0.05) is 32.6 Å². The minimum absolute atomic E-state index is 0.00870. The topological polar surface area (TPSA) is 84.0 Å². The van der Waals surface area contributed by atoms with Crippen LogP contribution in [0.1, 0.15) is 26.2 Å². The Morgan fingerprint density at radius 2 is 1.77 bits per heavy atom. The fourth-order valence-corrected chi connectivity index (χ4v) is 4.78. The molecule has 2 fully saturated rings. The van der Waals surface area contributed by atoms with Gasteiger partial charge in [-0.2, -0.15) is 0 Å². The van der Waals surface area contributed by atoms with Gasteiger partial charge in [0.15, 0.2) is 9.84 Å². The van der Waals surface area contributed by atoms with Crippen molar-refractivity contribution in [1.82, 2.24) is 9.80 Å². The number of hydrogen-bond acceptors (Lipinski definition) is 5. The molecule has 2 saturated heterocycles. The fourth-order valence-electron chi connectivity index (χ4n) is 3.01. The zero-order valence-corrected chi connectivity index (χ0v) is 13.8. The molecule has 22 heavy (non-hydrogen) atoms. The van der Waals surface area contributed by atoms with Crippen molar-refractivity contribution in [2.24, 2.45) is 5.92 Å². The van der Waals surface area contributed by atoms with E-state index in [4.69, 9.17) is 4.74 Å². The van der Waals surface area contributed by atoms with Gasteiger partial charge in [0.1, 0.15) is 0 Å². The van der Waals surface area contributed by atoms with Gasteiger partial charge in [0.2, 0.25) is 5.91 Å². The monoisotopic (exact) mass is 332 g/mol. The fraction of sp³-hybridized carbons (Fsp3) is 0.857. The van der Waals surface area contributed by atoms with Gasteiger partial charge in [0.05, 0.1) is 18.1 Å². The van der Waals surface area contributed by atoms with Crippen molar-refractivity contribution in [2.45, 2.75) is 26.2 Å². The molecule has 0 radical (unpaired) electrons. The number of nitrogens with zero attached hydrogens (tertiary/aromatic N) is 2. The Kier molecular flexibility index (Phi) is 5.66. The largest absolute Gasteiger partial charge is 0.450 e. The molecule has 7 nitrogen and oxygen atoms in total. The summed E-state index contributed by atoms with van der Waals surface area (Å²) in [6.07, 6.45) is 1.40. The van der Waals surface area contributed by atoms with Crippen LogP contribution in [-0.2, 0) is 19.4 Å². The minimum Gasteiger partial charge on any atom is -0.450 e. The Bertz CT molecular complexity index is 511. The van der Waals surface area contributed by atoms with E-state index in [1.807, 2.05) is 0 Å². The Morgan fingerprint density at radius 3 is 2.36 bits per heavy atom. The van der Waals surface area contributed by atoms with E-state index in [1.54, 1.807) is 16.7 Å². The number of rotatable bonds is 3. The van der Waals surface area contributed by atoms with Crippen LogP contribution >= 0.6 is 0 Å². The third-order valence-corrected chi connectivity index (χ3v) is 6.07. The Balaban J connectivity index is 1.79. The SMILES string of the molecule is CCOC(=O)N1CCN(C(=O)CC2CCCS(=O)(=O)C2)CC1. The second kappa shape index (κ2) is 7.30. The molecule has 0 aliphatic carbocycles. The number of sulfone groups is 1.